The molecule has 0 spiro atoms. The van der Waals surface area contributed by atoms with Crippen molar-refractivity contribution in [3.8, 4) is 17.4 Å². The van der Waals surface area contributed by atoms with Crippen LogP contribution in [-0.2, 0) is 11.0 Å². The van der Waals surface area contributed by atoms with E-state index in [-0.39, 0.29) is 18.3 Å². The number of nitrogens with zero attached hydrogens (tertiary/aromatic N) is 1. The van der Waals surface area contributed by atoms with Crippen LogP contribution < -0.4 is 21.9 Å². The normalized spacial score (nSPS) is 12.0. The molecule has 2 rings (SSSR count). The number of halogens is 4. The lowest BCUT2D eigenvalue weighted by molar-refractivity contribution is -0.144. The summed E-state index contributed by atoms with van der Waals surface area (Å²) in [5.74, 6) is -0.440. The molecule has 0 bridgehead atoms. The number of benzene rings is 1. The molecule has 5 nitrogen and oxygen atoms in total. The molecule has 1 atom stereocenters. The van der Waals surface area contributed by atoms with Crippen LogP contribution in [0.4, 0.5) is 13.2 Å². The maximum Gasteiger partial charge on any atom is 0.417 e. The van der Waals surface area contributed by atoms with Crippen molar-refractivity contribution >= 4 is 5.97 Å². The molecule has 0 saturated heterocycles. The Morgan fingerprint density at radius 2 is 1.71 bits per heavy atom. The predicted molar refractivity (Wildman–Crippen MR) is 73.5 cm³/mol. The second kappa shape index (κ2) is 7.87. The largest absolute Gasteiger partial charge is 1.00 e. The highest BCUT2D eigenvalue weighted by Crippen LogP contribution is 2.30. The van der Waals surface area contributed by atoms with Gasteiger partial charge in [0, 0.05) is 12.3 Å². The molecule has 1 N–H and O–H groups in total. The van der Waals surface area contributed by atoms with Gasteiger partial charge in [-0.2, -0.15) is 13.2 Å². The van der Waals surface area contributed by atoms with Crippen LogP contribution in [0.25, 0.3) is 0 Å². The van der Waals surface area contributed by atoms with E-state index >= 15 is 0 Å². The van der Waals surface area contributed by atoms with Gasteiger partial charge in [-0.15, -0.1) is 0 Å². The summed E-state index contributed by atoms with van der Waals surface area (Å²) in [6.07, 6.45) is -4.77. The number of aliphatic carboxylic acids is 1. The van der Waals surface area contributed by atoms with Gasteiger partial charge in [-0.25, -0.2) is 9.78 Å². The number of pyridine rings is 1. The summed E-state index contributed by atoms with van der Waals surface area (Å²) in [5.41, 5.74) is -0.865. The molecular weight excluding hydrogens is 351 g/mol. The first-order valence-electron chi connectivity index (χ1n) is 6.46. The molecule has 0 aliphatic carbocycles. The van der Waals surface area contributed by atoms with Crippen molar-refractivity contribution in [2.45, 2.75) is 19.2 Å². The summed E-state index contributed by atoms with van der Waals surface area (Å²) >= 11 is 0. The molecule has 0 radical (unpaired) electrons. The summed E-state index contributed by atoms with van der Waals surface area (Å²) in [5, 5.41) is 8.73. The van der Waals surface area contributed by atoms with Crippen molar-refractivity contribution in [3.63, 3.8) is 0 Å². The molecule has 0 aliphatic heterocycles. The first-order chi connectivity index (χ1) is 10.8. The van der Waals surface area contributed by atoms with Crippen molar-refractivity contribution in [3.05, 3.63) is 48.2 Å². The second-order valence-electron chi connectivity index (χ2n) is 4.55. The van der Waals surface area contributed by atoms with E-state index in [2.05, 4.69) is 4.98 Å². The molecule has 0 amide bonds. The Bertz CT molecular complexity index is 675. The minimum absolute atomic E-state index is 0. The van der Waals surface area contributed by atoms with E-state index < -0.39 is 23.8 Å². The summed E-state index contributed by atoms with van der Waals surface area (Å²) < 4.78 is 47.7. The Morgan fingerprint density at radius 3 is 2.17 bits per heavy atom. The highest BCUT2D eigenvalue weighted by Gasteiger charge is 2.30. The summed E-state index contributed by atoms with van der Waals surface area (Å²) in [6.45, 7) is 1.39. The number of carbonyl (C=O) groups is 1. The molecule has 9 heteroatoms. The van der Waals surface area contributed by atoms with Gasteiger partial charge in [0.15, 0.2) is 6.10 Å². The van der Waals surface area contributed by atoms with Gasteiger partial charge in [-0.1, -0.05) is 0 Å². The molecular formula is C15H12ClF3NO4-. The van der Waals surface area contributed by atoms with Crippen LogP contribution in [0, 0.1) is 0 Å². The van der Waals surface area contributed by atoms with Crippen LogP contribution >= 0.6 is 0 Å². The number of hydrogen-bond acceptors (Lipinski definition) is 4. The molecule has 1 aromatic carbocycles. The van der Waals surface area contributed by atoms with E-state index in [1.807, 2.05) is 0 Å². The number of aromatic nitrogens is 1. The number of rotatable bonds is 5. The third-order valence-electron chi connectivity index (χ3n) is 2.77. The van der Waals surface area contributed by atoms with E-state index in [1.54, 1.807) is 0 Å². The molecule has 0 fully saturated rings. The zero-order valence-corrected chi connectivity index (χ0v) is 13.0. The van der Waals surface area contributed by atoms with Gasteiger partial charge in [0.2, 0.25) is 5.88 Å². The Morgan fingerprint density at radius 1 is 1.12 bits per heavy atom. The quantitative estimate of drug-likeness (QED) is 0.850. The van der Waals surface area contributed by atoms with Crippen LogP contribution in [-0.4, -0.2) is 22.2 Å². The Hall–Kier alpha value is -2.48. The van der Waals surface area contributed by atoms with Crippen molar-refractivity contribution < 1.29 is 45.0 Å². The van der Waals surface area contributed by atoms with Crippen molar-refractivity contribution in [2.75, 3.05) is 0 Å². The van der Waals surface area contributed by atoms with Crippen LogP contribution in [0.5, 0.6) is 17.4 Å². The molecule has 0 saturated carbocycles. The lowest BCUT2D eigenvalue weighted by Crippen LogP contribution is -3.00. The van der Waals surface area contributed by atoms with Gasteiger partial charge in [-0.3, -0.25) is 0 Å². The molecule has 130 valence electrons. The minimum atomic E-state index is -4.45. The van der Waals surface area contributed by atoms with E-state index in [0.717, 1.165) is 12.1 Å². The first kappa shape index (κ1) is 19.6. The third kappa shape index (κ3) is 5.31. The molecule has 0 unspecified atom stereocenters. The predicted octanol–water partition coefficient (Wildman–Crippen LogP) is 0.749. The third-order valence-corrected chi connectivity index (χ3v) is 2.77. The van der Waals surface area contributed by atoms with E-state index in [4.69, 9.17) is 14.6 Å². The zero-order valence-electron chi connectivity index (χ0n) is 12.2. The average molecular weight is 363 g/mol. The molecule has 1 aromatic heterocycles. The van der Waals surface area contributed by atoms with Gasteiger partial charge in [0.05, 0.1) is 5.56 Å². The fraction of sp³-hybridized carbons (Fsp3) is 0.200. The Balaban J connectivity index is 0.00000288. The number of carboxylic acids is 1. The second-order valence-corrected chi connectivity index (χ2v) is 4.55. The van der Waals surface area contributed by atoms with Gasteiger partial charge in [-0.05, 0) is 37.3 Å². The number of hydrogen-bond donors (Lipinski definition) is 1. The average Bonchev–Trinajstić information content (AvgIpc) is 2.49. The molecule has 24 heavy (non-hydrogen) atoms. The Kier molecular flexibility index (Phi) is 6.42. The number of carboxylic acid groups (broad SMARTS) is 1. The SMILES string of the molecule is C[C@@H](Oc1ccc(Oc2ccc(C(F)(F)F)cn2)cc1)C(=O)O.[Cl-]. The fourth-order valence-electron chi connectivity index (χ4n) is 1.57. The lowest BCUT2D eigenvalue weighted by Gasteiger charge is -2.11. The van der Waals surface area contributed by atoms with Crippen LogP contribution in [0.1, 0.15) is 12.5 Å². The monoisotopic (exact) mass is 362 g/mol. The van der Waals surface area contributed by atoms with E-state index in [9.17, 15) is 18.0 Å². The number of alkyl halides is 3. The highest BCUT2D eigenvalue weighted by molar-refractivity contribution is 5.72. The lowest BCUT2D eigenvalue weighted by atomic mass is 10.3. The maximum atomic E-state index is 12.4. The van der Waals surface area contributed by atoms with Crippen LogP contribution in [0.15, 0.2) is 42.6 Å². The van der Waals surface area contributed by atoms with E-state index in [1.165, 1.54) is 31.2 Å². The van der Waals surface area contributed by atoms with Crippen LogP contribution in [0.2, 0.25) is 0 Å². The Labute approximate surface area is 141 Å². The van der Waals surface area contributed by atoms with Gasteiger partial charge >= 0.3 is 12.1 Å². The molecule has 0 aliphatic rings. The topological polar surface area (TPSA) is 68.7 Å². The standard InChI is InChI=1S/C15H12F3NO4.ClH/c1-9(14(20)21)22-11-3-5-12(6-4-11)23-13-7-2-10(8-19-13)15(16,17)18;/h2-9H,1H3,(H,20,21);1H/p-1/t9-;/m1./s1. The molecule has 1 heterocycles. The summed E-state index contributed by atoms with van der Waals surface area (Å²) in [7, 11) is 0. The fourth-order valence-corrected chi connectivity index (χ4v) is 1.57. The van der Waals surface area contributed by atoms with Crippen molar-refractivity contribution in [1.29, 1.82) is 0 Å². The minimum Gasteiger partial charge on any atom is -1.00 e. The maximum absolute atomic E-state index is 12.4. The zero-order chi connectivity index (χ0) is 17.0. The number of ether oxygens (including phenoxy) is 2. The highest BCUT2D eigenvalue weighted by atomic mass is 35.5. The summed E-state index contributed by atoms with van der Waals surface area (Å²) in [4.78, 5) is 14.3. The van der Waals surface area contributed by atoms with Crippen molar-refractivity contribution in [1.82, 2.24) is 4.98 Å². The van der Waals surface area contributed by atoms with Gasteiger partial charge in [0.1, 0.15) is 11.5 Å². The smallest absolute Gasteiger partial charge is 0.417 e. The van der Waals surface area contributed by atoms with E-state index in [0.29, 0.717) is 17.7 Å². The first-order valence-corrected chi connectivity index (χ1v) is 6.46. The van der Waals surface area contributed by atoms with Gasteiger partial charge in [0.25, 0.3) is 0 Å². The molecule has 2 aromatic rings. The summed E-state index contributed by atoms with van der Waals surface area (Å²) in [6, 6.07) is 7.93. The van der Waals surface area contributed by atoms with Crippen molar-refractivity contribution in [2.24, 2.45) is 0 Å². The van der Waals surface area contributed by atoms with Crippen LogP contribution in [0.3, 0.4) is 0 Å². The van der Waals surface area contributed by atoms with Gasteiger partial charge < -0.3 is 27.0 Å².